The second-order valence-electron chi connectivity index (χ2n) is 2.67. The van der Waals surface area contributed by atoms with Crippen LogP contribution in [-0.4, -0.2) is 44.0 Å². The van der Waals surface area contributed by atoms with Crippen LogP contribution in [-0.2, 0) is 19.1 Å². The summed E-state index contributed by atoms with van der Waals surface area (Å²) < 4.78 is 4.58. The van der Waals surface area contributed by atoms with Crippen LogP contribution in [0, 0.1) is 6.57 Å². The molecule has 0 aliphatic rings. The summed E-state index contributed by atoms with van der Waals surface area (Å²) in [6.45, 7) is 7.51. The van der Waals surface area contributed by atoms with Crippen LogP contribution in [0.5, 0.6) is 0 Å². The van der Waals surface area contributed by atoms with Gasteiger partial charge in [-0.3, -0.25) is 14.4 Å². The topological polar surface area (TPSA) is 88.9 Å². The molecule has 2 amide bonds. The van der Waals surface area contributed by atoms with Crippen molar-refractivity contribution >= 4 is 17.8 Å². The summed E-state index contributed by atoms with van der Waals surface area (Å²) in [7, 11) is 0. The molecule has 0 unspecified atom stereocenters. The number of hydrogen-bond acceptors (Lipinski definition) is 4. The monoisotopic (exact) mass is 227 g/mol. The van der Waals surface area contributed by atoms with E-state index in [0.29, 0.717) is 0 Å². The van der Waals surface area contributed by atoms with Gasteiger partial charge in [0.05, 0.1) is 13.2 Å². The Morgan fingerprint density at radius 3 is 2.38 bits per heavy atom. The van der Waals surface area contributed by atoms with E-state index in [0.717, 1.165) is 0 Å². The number of rotatable bonds is 6. The van der Waals surface area contributed by atoms with Crippen molar-refractivity contribution in [1.82, 2.24) is 10.6 Å². The Balaban J connectivity index is 3.64. The molecule has 88 valence electrons. The summed E-state index contributed by atoms with van der Waals surface area (Å²) in [5.74, 6) is -1.57. The van der Waals surface area contributed by atoms with Crippen LogP contribution < -0.4 is 10.6 Å². The molecule has 0 saturated heterocycles. The Morgan fingerprint density at radius 1 is 1.19 bits per heavy atom. The Morgan fingerprint density at radius 2 is 1.81 bits per heavy atom. The Hall–Kier alpha value is -2.10. The summed E-state index contributed by atoms with van der Waals surface area (Å²) in [5, 5.41) is 4.48. The lowest BCUT2D eigenvalue weighted by molar-refractivity contribution is -0.143. The predicted molar refractivity (Wildman–Crippen MR) is 54.1 cm³/mol. The molecule has 16 heavy (non-hydrogen) atoms. The number of carbonyl (C=O) groups excluding carboxylic acids is 3. The lowest BCUT2D eigenvalue weighted by Gasteiger charge is -2.04. The normalized spacial score (nSPS) is 8.75. The zero-order valence-electron chi connectivity index (χ0n) is 8.91. The van der Waals surface area contributed by atoms with Gasteiger partial charge in [-0.25, -0.2) is 6.57 Å². The molecule has 0 radical (unpaired) electrons. The molecule has 0 heterocycles. The standard InChI is InChI=1S/C9H13N3O4/c1-3-16-9(15)6-12-8(14)5-11-7(13)4-10-2/h3-6H2,1H3,(H,11,13)(H,12,14). The Kier molecular flexibility index (Phi) is 7.15. The second kappa shape index (κ2) is 8.23. The molecule has 0 saturated carbocycles. The molecule has 0 fully saturated rings. The summed E-state index contributed by atoms with van der Waals surface area (Å²) in [6.07, 6.45) is 0. The van der Waals surface area contributed by atoms with E-state index in [1.807, 2.05) is 0 Å². The van der Waals surface area contributed by atoms with Crippen LogP contribution in [0.15, 0.2) is 0 Å². The maximum Gasteiger partial charge on any atom is 0.325 e. The first-order chi connectivity index (χ1) is 7.60. The fraction of sp³-hybridized carbons (Fsp3) is 0.556. The molecule has 0 atom stereocenters. The van der Waals surface area contributed by atoms with Crippen LogP contribution in [0.4, 0.5) is 0 Å². The Labute approximate surface area is 93.0 Å². The minimum Gasteiger partial charge on any atom is -0.465 e. The zero-order valence-corrected chi connectivity index (χ0v) is 8.91. The highest BCUT2D eigenvalue weighted by Crippen LogP contribution is 1.76. The van der Waals surface area contributed by atoms with Crippen molar-refractivity contribution < 1.29 is 19.1 Å². The molecule has 0 aromatic rings. The molecule has 7 heteroatoms. The first kappa shape index (κ1) is 13.9. The molecule has 0 aliphatic heterocycles. The van der Waals surface area contributed by atoms with E-state index in [4.69, 9.17) is 6.57 Å². The van der Waals surface area contributed by atoms with Crippen molar-refractivity contribution in [2.75, 3.05) is 26.2 Å². The maximum absolute atomic E-state index is 11.0. The van der Waals surface area contributed by atoms with Gasteiger partial charge in [0, 0.05) is 0 Å². The average molecular weight is 227 g/mol. The largest absolute Gasteiger partial charge is 0.465 e. The highest BCUT2D eigenvalue weighted by Gasteiger charge is 2.08. The van der Waals surface area contributed by atoms with Crippen molar-refractivity contribution in [3.05, 3.63) is 11.4 Å². The van der Waals surface area contributed by atoms with Gasteiger partial charge in [-0.1, -0.05) is 0 Å². The lowest BCUT2D eigenvalue weighted by atomic mass is 10.5. The summed E-state index contributed by atoms with van der Waals surface area (Å²) in [5.41, 5.74) is 0. The number of nitrogens with zero attached hydrogens (tertiary/aromatic N) is 1. The van der Waals surface area contributed by atoms with E-state index in [1.54, 1.807) is 6.92 Å². The minimum atomic E-state index is -0.539. The number of ether oxygens (including phenoxy) is 1. The molecular formula is C9H13N3O4. The second-order valence-corrected chi connectivity index (χ2v) is 2.67. The fourth-order valence-electron chi connectivity index (χ4n) is 0.752. The number of nitrogens with one attached hydrogen (secondary N) is 2. The van der Waals surface area contributed by atoms with Crippen LogP contribution in [0.1, 0.15) is 6.92 Å². The van der Waals surface area contributed by atoms with Crippen LogP contribution >= 0.6 is 0 Å². The molecule has 7 nitrogen and oxygen atoms in total. The van der Waals surface area contributed by atoms with Crippen molar-refractivity contribution in [2.45, 2.75) is 6.92 Å². The van der Waals surface area contributed by atoms with Gasteiger partial charge in [0.2, 0.25) is 5.91 Å². The fourth-order valence-corrected chi connectivity index (χ4v) is 0.752. The lowest BCUT2D eigenvalue weighted by Crippen LogP contribution is -2.39. The maximum atomic E-state index is 11.0. The third kappa shape index (κ3) is 7.32. The van der Waals surface area contributed by atoms with Gasteiger partial charge in [-0.15, -0.1) is 0 Å². The first-order valence-electron chi connectivity index (χ1n) is 4.62. The number of amides is 2. The average Bonchev–Trinajstić information content (AvgIpc) is 2.24. The first-order valence-corrected chi connectivity index (χ1v) is 4.62. The third-order valence-electron chi connectivity index (χ3n) is 1.40. The minimum absolute atomic E-state index is 0.231. The van der Waals surface area contributed by atoms with Gasteiger partial charge >= 0.3 is 11.9 Å². The van der Waals surface area contributed by atoms with Gasteiger partial charge in [0.1, 0.15) is 6.54 Å². The molecule has 0 aliphatic carbocycles. The van der Waals surface area contributed by atoms with E-state index in [9.17, 15) is 14.4 Å². The van der Waals surface area contributed by atoms with Crippen molar-refractivity contribution in [2.24, 2.45) is 0 Å². The van der Waals surface area contributed by atoms with Crippen molar-refractivity contribution in [1.29, 1.82) is 0 Å². The molecular weight excluding hydrogens is 214 g/mol. The van der Waals surface area contributed by atoms with Gasteiger partial charge < -0.3 is 20.2 Å². The van der Waals surface area contributed by atoms with E-state index >= 15 is 0 Å². The number of esters is 1. The van der Waals surface area contributed by atoms with Gasteiger partial charge in [-0.2, -0.15) is 0 Å². The van der Waals surface area contributed by atoms with E-state index in [1.165, 1.54) is 0 Å². The molecule has 0 spiro atoms. The Bertz CT molecular complexity index is 308. The van der Waals surface area contributed by atoms with E-state index in [2.05, 4.69) is 20.2 Å². The van der Waals surface area contributed by atoms with E-state index in [-0.39, 0.29) is 26.2 Å². The highest BCUT2D eigenvalue weighted by molar-refractivity contribution is 5.87. The smallest absolute Gasteiger partial charge is 0.325 e. The summed E-state index contributed by atoms with van der Waals surface area (Å²) >= 11 is 0. The van der Waals surface area contributed by atoms with Gasteiger partial charge in [0.25, 0.3) is 6.54 Å². The van der Waals surface area contributed by atoms with Crippen LogP contribution in [0.2, 0.25) is 0 Å². The molecule has 0 rings (SSSR count). The molecule has 2 N–H and O–H groups in total. The number of carbonyl (C=O) groups is 3. The third-order valence-corrected chi connectivity index (χ3v) is 1.40. The predicted octanol–water partition coefficient (Wildman–Crippen LogP) is -1.30. The summed E-state index contributed by atoms with van der Waals surface area (Å²) in [4.78, 5) is 35.5. The molecule has 0 aromatic carbocycles. The van der Waals surface area contributed by atoms with Crippen LogP contribution in [0.3, 0.4) is 0 Å². The van der Waals surface area contributed by atoms with Crippen LogP contribution in [0.25, 0.3) is 4.85 Å². The van der Waals surface area contributed by atoms with E-state index < -0.39 is 17.8 Å². The highest BCUT2D eigenvalue weighted by atomic mass is 16.5. The van der Waals surface area contributed by atoms with Gasteiger partial charge in [0.15, 0.2) is 0 Å². The zero-order chi connectivity index (χ0) is 12.4. The molecule has 0 aromatic heterocycles. The van der Waals surface area contributed by atoms with Gasteiger partial charge in [-0.05, 0) is 6.92 Å². The van der Waals surface area contributed by atoms with Crippen molar-refractivity contribution in [3.8, 4) is 0 Å². The van der Waals surface area contributed by atoms with Crippen molar-refractivity contribution in [3.63, 3.8) is 0 Å². The molecule has 0 bridgehead atoms. The number of hydrogen-bond donors (Lipinski definition) is 2. The SMILES string of the molecule is [C-]#[N+]CC(=O)NCC(=O)NCC(=O)OCC. The quantitative estimate of drug-likeness (QED) is 0.436. The summed E-state index contributed by atoms with van der Waals surface area (Å²) in [6, 6.07) is 0.